The van der Waals surface area contributed by atoms with Gasteiger partial charge in [-0.15, -0.1) is 0 Å². The monoisotopic (exact) mass is 290 g/mol. The molecule has 5 nitrogen and oxygen atoms in total. The van der Waals surface area contributed by atoms with Crippen molar-refractivity contribution >= 4 is 6.03 Å². The lowest BCUT2D eigenvalue weighted by atomic mass is 9.90. The van der Waals surface area contributed by atoms with Crippen molar-refractivity contribution in [2.24, 2.45) is 5.41 Å². The van der Waals surface area contributed by atoms with Crippen LogP contribution in [0.15, 0.2) is 6.20 Å². The number of nitrogens with zero attached hydrogens (tertiary/aromatic N) is 2. The Labute approximate surface area is 127 Å². The fourth-order valence-electron chi connectivity index (χ4n) is 2.41. The number of hydrogen-bond acceptors (Lipinski definition) is 3. The van der Waals surface area contributed by atoms with Crippen LogP contribution < -0.4 is 10.6 Å². The van der Waals surface area contributed by atoms with Gasteiger partial charge in [-0.05, 0) is 43.6 Å². The quantitative estimate of drug-likeness (QED) is 0.894. The first kappa shape index (κ1) is 15.7. The predicted octanol–water partition coefficient (Wildman–Crippen LogP) is 2.38. The van der Waals surface area contributed by atoms with Crippen LogP contribution >= 0.6 is 0 Å². The van der Waals surface area contributed by atoms with E-state index in [1.807, 2.05) is 13.1 Å². The van der Waals surface area contributed by atoms with E-state index in [0.717, 1.165) is 42.8 Å². The van der Waals surface area contributed by atoms with E-state index in [-0.39, 0.29) is 17.5 Å². The molecule has 1 aliphatic carbocycles. The minimum absolute atomic E-state index is 0.0713. The van der Waals surface area contributed by atoms with Crippen LogP contribution in [0.25, 0.3) is 0 Å². The topological polar surface area (TPSA) is 66.9 Å². The van der Waals surface area contributed by atoms with Crippen LogP contribution in [0, 0.1) is 12.3 Å². The van der Waals surface area contributed by atoms with Gasteiger partial charge in [0.05, 0.1) is 0 Å². The number of aryl methyl sites for hydroxylation is 2. The van der Waals surface area contributed by atoms with E-state index in [0.29, 0.717) is 6.54 Å². The Balaban J connectivity index is 1.85. The molecule has 0 spiro atoms. The van der Waals surface area contributed by atoms with Crippen LogP contribution in [0.4, 0.5) is 4.79 Å². The minimum Gasteiger partial charge on any atom is -0.338 e. The number of carbonyl (C=O) groups is 1. The first-order chi connectivity index (χ1) is 9.89. The molecule has 0 bridgehead atoms. The lowest BCUT2D eigenvalue weighted by Crippen LogP contribution is -2.46. The summed E-state index contributed by atoms with van der Waals surface area (Å²) in [4.78, 5) is 20.7. The second-order valence-corrected chi connectivity index (χ2v) is 6.67. The molecule has 116 valence electrons. The number of fused-ring (bicyclic) bond motifs is 1. The van der Waals surface area contributed by atoms with Gasteiger partial charge in [0.1, 0.15) is 5.82 Å². The molecule has 21 heavy (non-hydrogen) atoms. The second-order valence-electron chi connectivity index (χ2n) is 6.67. The maximum atomic E-state index is 12.0. The summed E-state index contributed by atoms with van der Waals surface area (Å²) in [5, 5.41) is 6.04. The largest absolute Gasteiger partial charge is 0.338 e. The molecule has 0 saturated carbocycles. The van der Waals surface area contributed by atoms with E-state index in [1.54, 1.807) is 0 Å². The van der Waals surface area contributed by atoms with Gasteiger partial charge in [0.2, 0.25) is 0 Å². The van der Waals surface area contributed by atoms with Crippen LogP contribution in [0.5, 0.6) is 0 Å². The molecule has 1 unspecified atom stereocenters. The predicted molar refractivity (Wildman–Crippen MR) is 83.2 cm³/mol. The molecule has 2 N–H and O–H groups in total. The van der Waals surface area contributed by atoms with Crippen LogP contribution in [-0.2, 0) is 12.8 Å². The number of rotatable bonds is 4. The van der Waals surface area contributed by atoms with E-state index in [1.165, 1.54) is 0 Å². The molecule has 2 rings (SSSR count). The van der Waals surface area contributed by atoms with Gasteiger partial charge in [-0.2, -0.15) is 0 Å². The zero-order chi connectivity index (χ0) is 15.5. The van der Waals surface area contributed by atoms with Crippen molar-refractivity contribution in [3.05, 3.63) is 23.3 Å². The number of amides is 2. The van der Waals surface area contributed by atoms with E-state index in [4.69, 9.17) is 0 Å². The average molecular weight is 290 g/mol. The Bertz CT molecular complexity index is 513. The van der Waals surface area contributed by atoms with E-state index in [9.17, 15) is 4.79 Å². The summed E-state index contributed by atoms with van der Waals surface area (Å²) >= 11 is 0. The van der Waals surface area contributed by atoms with Crippen LogP contribution in [0.1, 0.15) is 50.7 Å². The van der Waals surface area contributed by atoms with Crippen molar-refractivity contribution in [2.75, 3.05) is 6.54 Å². The third-order valence-electron chi connectivity index (χ3n) is 4.29. The average Bonchev–Trinajstić information content (AvgIpc) is 2.45. The maximum absolute atomic E-state index is 12.0. The Hall–Kier alpha value is -1.65. The zero-order valence-electron chi connectivity index (χ0n) is 13.5. The van der Waals surface area contributed by atoms with Crippen molar-refractivity contribution in [2.45, 2.75) is 59.4 Å². The molecular weight excluding hydrogens is 264 g/mol. The summed E-state index contributed by atoms with van der Waals surface area (Å²) in [6.07, 6.45) is 5.60. The van der Waals surface area contributed by atoms with Gasteiger partial charge in [0.25, 0.3) is 0 Å². The Morgan fingerprint density at radius 3 is 2.95 bits per heavy atom. The molecule has 0 saturated heterocycles. The summed E-state index contributed by atoms with van der Waals surface area (Å²) in [6, 6.07) is 0.103. The molecule has 0 fully saturated rings. The third kappa shape index (κ3) is 4.41. The first-order valence-corrected chi connectivity index (χ1v) is 7.75. The van der Waals surface area contributed by atoms with Crippen LogP contribution in [0.3, 0.4) is 0 Å². The molecular formula is C16H26N4O. The van der Waals surface area contributed by atoms with Crippen molar-refractivity contribution in [3.63, 3.8) is 0 Å². The molecule has 0 aromatic carbocycles. The molecule has 1 atom stereocenters. The van der Waals surface area contributed by atoms with Crippen molar-refractivity contribution in [1.82, 2.24) is 20.6 Å². The SMILES string of the molecule is CCC(C)(C)CNC(=O)NC1CCc2nc(C)ncc2C1. The van der Waals surface area contributed by atoms with Gasteiger partial charge in [0.15, 0.2) is 0 Å². The molecule has 0 aliphatic heterocycles. The summed E-state index contributed by atoms with van der Waals surface area (Å²) in [5.74, 6) is 0.819. The Morgan fingerprint density at radius 1 is 1.48 bits per heavy atom. The number of hydrogen-bond donors (Lipinski definition) is 2. The van der Waals surface area contributed by atoms with E-state index >= 15 is 0 Å². The fraction of sp³-hybridized carbons (Fsp3) is 0.688. The Kier molecular flexibility index (Phi) is 4.80. The van der Waals surface area contributed by atoms with Gasteiger partial charge in [-0.3, -0.25) is 0 Å². The summed E-state index contributed by atoms with van der Waals surface area (Å²) in [6.45, 7) is 9.06. The first-order valence-electron chi connectivity index (χ1n) is 7.75. The van der Waals surface area contributed by atoms with Crippen molar-refractivity contribution in [3.8, 4) is 0 Å². The number of nitrogens with one attached hydrogen (secondary N) is 2. The fourth-order valence-corrected chi connectivity index (χ4v) is 2.41. The van der Waals surface area contributed by atoms with E-state index < -0.39 is 0 Å². The van der Waals surface area contributed by atoms with Crippen molar-refractivity contribution in [1.29, 1.82) is 0 Å². The van der Waals surface area contributed by atoms with Gasteiger partial charge in [0, 0.05) is 24.5 Å². The molecule has 1 aromatic heterocycles. The second kappa shape index (κ2) is 6.41. The highest BCUT2D eigenvalue weighted by atomic mass is 16.2. The van der Waals surface area contributed by atoms with Gasteiger partial charge in [-0.25, -0.2) is 14.8 Å². The van der Waals surface area contributed by atoms with Gasteiger partial charge < -0.3 is 10.6 Å². The van der Waals surface area contributed by atoms with Crippen molar-refractivity contribution < 1.29 is 4.79 Å². The smallest absolute Gasteiger partial charge is 0.315 e. The van der Waals surface area contributed by atoms with Gasteiger partial charge >= 0.3 is 6.03 Å². The normalized spacial score (nSPS) is 18.0. The lowest BCUT2D eigenvalue weighted by Gasteiger charge is -2.27. The van der Waals surface area contributed by atoms with E-state index in [2.05, 4.69) is 41.4 Å². The standard InChI is InChI=1S/C16H26N4O/c1-5-16(3,4)10-18-15(21)20-13-6-7-14-12(8-13)9-17-11(2)19-14/h9,13H,5-8,10H2,1-4H3,(H2,18,20,21). The summed E-state index contributed by atoms with van der Waals surface area (Å²) in [7, 11) is 0. The maximum Gasteiger partial charge on any atom is 0.315 e. The number of urea groups is 1. The third-order valence-corrected chi connectivity index (χ3v) is 4.29. The molecule has 5 heteroatoms. The lowest BCUT2D eigenvalue weighted by molar-refractivity contribution is 0.227. The summed E-state index contributed by atoms with van der Waals surface area (Å²) < 4.78 is 0. The molecule has 1 aliphatic rings. The highest BCUT2D eigenvalue weighted by Crippen LogP contribution is 2.19. The highest BCUT2D eigenvalue weighted by molar-refractivity contribution is 5.74. The Morgan fingerprint density at radius 2 is 2.24 bits per heavy atom. The number of carbonyl (C=O) groups excluding carboxylic acids is 1. The molecule has 1 heterocycles. The summed E-state index contributed by atoms with van der Waals surface area (Å²) in [5.41, 5.74) is 2.43. The highest BCUT2D eigenvalue weighted by Gasteiger charge is 2.22. The van der Waals surface area contributed by atoms with Crippen LogP contribution in [0.2, 0.25) is 0 Å². The van der Waals surface area contributed by atoms with Crippen LogP contribution in [-0.4, -0.2) is 28.6 Å². The molecule has 1 aromatic rings. The van der Waals surface area contributed by atoms with Gasteiger partial charge in [-0.1, -0.05) is 20.8 Å². The minimum atomic E-state index is -0.0713. The molecule has 2 amide bonds. The molecule has 0 radical (unpaired) electrons. The number of aromatic nitrogens is 2. The zero-order valence-corrected chi connectivity index (χ0v) is 13.5.